The van der Waals surface area contributed by atoms with Crippen molar-refractivity contribution < 1.29 is 19.1 Å². The highest BCUT2D eigenvalue weighted by Gasteiger charge is 2.10. The number of hydrogen-bond donors (Lipinski definition) is 2. The fourth-order valence-electron chi connectivity index (χ4n) is 1.78. The first-order chi connectivity index (χ1) is 11.7. The van der Waals surface area contributed by atoms with E-state index in [2.05, 4.69) is 26.8 Å². The Bertz CT molecular complexity index is 679. The number of carbonyl (C=O) groups excluding carboxylic acids is 2. The fourth-order valence-corrected chi connectivity index (χ4v) is 2.24. The normalized spacial score (nSPS) is 10.0. The first-order valence-corrected chi connectivity index (χ1v) is 8.05. The van der Waals surface area contributed by atoms with Crippen molar-refractivity contribution in [2.75, 3.05) is 19.8 Å². The summed E-state index contributed by atoms with van der Waals surface area (Å²) in [6.45, 7) is 0.426. The molecule has 0 saturated carbocycles. The molecule has 0 radical (unpaired) electrons. The number of nitrogens with one attached hydrogen (secondary N) is 2. The summed E-state index contributed by atoms with van der Waals surface area (Å²) in [5.74, 6) is -0.121. The second kappa shape index (κ2) is 9.69. The summed E-state index contributed by atoms with van der Waals surface area (Å²) in [5.41, 5.74) is 5.04. The molecule has 0 saturated heterocycles. The molecule has 2 aromatic rings. The molecule has 0 atom stereocenters. The number of hydrogen-bond acceptors (Lipinski definition) is 4. The molecule has 2 aromatic carbocycles. The van der Waals surface area contributed by atoms with Gasteiger partial charge in [0.1, 0.15) is 19.0 Å². The minimum Gasteiger partial charge on any atom is -0.491 e. The molecule has 0 bridgehead atoms. The number of hydrazine groups is 1. The van der Waals surface area contributed by atoms with Gasteiger partial charge in [-0.3, -0.25) is 20.4 Å². The third kappa shape index (κ3) is 6.02. The maximum absolute atomic E-state index is 11.9. The summed E-state index contributed by atoms with van der Waals surface area (Å²) in [6.07, 6.45) is 0. The largest absolute Gasteiger partial charge is 0.491 e. The minimum atomic E-state index is -0.449. The lowest BCUT2D eigenvalue weighted by molar-refractivity contribution is -0.126. The standard InChI is InChI=1S/C17H17BrN2O4/c18-15-9-5-4-8-14(15)17(22)20-19-16(21)12-23-10-11-24-13-6-2-1-3-7-13/h1-9H,10-12H2,(H,19,21)(H,20,22). The number of rotatable bonds is 7. The van der Waals surface area contributed by atoms with Crippen LogP contribution >= 0.6 is 15.9 Å². The molecular weight excluding hydrogens is 376 g/mol. The van der Waals surface area contributed by atoms with Crippen LogP contribution in [0.4, 0.5) is 0 Å². The number of para-hydroxylation sites is 1. The van der Waals surface area contributed by atoms with Crippen molar-refractivity contribution in [1.29, 1.82) is 0 Å². The van der Waals surface area contributed by atoms with Gasteiger partial charge in [0, 0.05) is 4.47 Å². The molecule has 126 valence electrons. The predicted molar refractivity (Wildman–Crippen MR) is 92.5 cm³/mol. The molecule has 7 heteroatoms. The third-order valence-corrected chi connectivity index (χ3v) is 3.60. The van der Waals surface area contributed by atoms with Crippen LogP contribution in [0.3, 0.4) is 0 Å². The number of amides is 2. The molecule has 0 heterocycles. The second-order valence-corrected chi connectivity index (χ2v) is 5.55. The minimum absolute atomic E-state index is 0.172. The molecule has 0 aliphatic rings. The van der Waals surface area contributed by atoms with Crippen molar-refractivity contribution >= 4 is 27.7 Å². The highest BCUT2D eigenvalue weighted by molar-refractivity contribution is 9.10. The van der Waals surface area contributed by atoms with Crippen LogP contribution in [0.5, 0.6) is 5.75 Å². The smallest absolute Gasteiger partial charge is 0.270 e. The second-order valence-electron chi connectivity index (χ2n) is 4.70. The van der Waals surface area contributed by atoms with Crippen LogP contribution in [0.25, 0.3) is 0 Å². The van der Waals surface area contributed by atoms with Crippen molar-refractivity contribution in [1.82, 2.24) is 10.9 Å². The van der Waals surface area contributed by atoms with Gasteiger partial charge in [-0.15, -0.1) is 0 Å². The van der Waals surface area contributed by atoms with E-state index in [1.54, 1.807) is 24.3 Å². The molecule has 2 amide bonds. The molecule has 2 N–H and O–H groups in total. The molecule has 6 nitrogen and oxygen atoms in total. The SMILES string of the molecule is O=C(COCCOc1ccccc1)NNC(=O)c1ccccc1Br. The van der Waals surface area contributed by atoms with E-state index in [-0.39, 0.29) is 13.2 Å². The first kappa shape index (κ1) is 18.0. The van der Waals surface area contributed by atoms with Gasteiger partial charge in [0.15, 0.2) is 0 Å². The fraction of sp³-hybridized carbons (Fsp3) is 0.176. The average molecular weight is 393 g/mol. The Morgan fingerprint density at radius 3 is 2.38 bits per heavy atom. The zero-order chi connectivity index (χ0) is 17.2. The molecular formula is C17H17BrN2O4. The Labute approximate surface area is 148 Å². The van der Waals surface area contributed by atoms with Crippen LogP contribution in [0, 0.1) is 0 Å². The number of halogens is 1. The zero-order valence-electron chi connectivity index (χ0n) is 12.8. The van der Waals surface area contributed by atoms with Crippen LogP contribution in [0.1, 0.15) is 10.4 Å². The molecule has 0 unspecified atom stereocenters. The van der Waals surface area contributed by atoms with E-state index in [0.717, 1.165) is 5.75 Å². The van der Waals surface area contributed by atoms with Gasteiger partial charge in [-0.2, -0.15) is 0 Å². The van der Waals surface area contributed by atoms with Crippen molar-refractivity contribution in [3.05, 3.63) is 64.6 Å². The average Bonchev–Trinajstić information content (AvgIpc) is 2.60. The maximum Gasteiger partial charge on any atom is 0.270 e. The summed E-state index contributed by atoms with van der Waals surface area (Å²) in [5, 5.41) is 0. The van der Waals surface area contributed by atoms with Crippen molar-refractivity contribution in [3.63, 3.8) is 0 Å². The monoisotopic (exact) mass is 392 g/mol. The van der Waals surface area contributed by atoms with E-state index in [1.807, 2.05) is 30.3 Å². The molecule has 0 aliphatic carbocycles. The Kier molecular flexibility index (Phi) is 7.25. The van der Waals surface area contributed by atoms with Crippen LogP contribution in [0.15, 0.2) is 59.1 Å². The Morgan fingerprint density at radius 1 is 0.917 bits per heavy atom. The van der Waals surface area contributed by atoms with E-state index in [1.165, 1.54) is 0 Å². The van der Waals surface area contributed by atoms with Gasteiger partial charge in [0.25, 0.3) is 11.8 Å². The van der Waals surface area contributed by atoms with Crippen LogP contribution in [-0.4, -0.2) is 31.6 Å². The van der Waals surface area contributed by atoms with Gasteiger partial charge in [-0.05, 0) is 40.2 Å². The van der Waals surface area contributed by atoms with E-state index >= 15 is 0 Å². The van der Waals surface area contributed by atoms with Gasteiger partial charge >= 0.3 is 0 Å². The molecule has 24 heavy (non-hydrogen) atoms. The Hall–Kier alpha value is -2.38. The van der Waals surface area contributed by atoms with Crippen molar-refractivity contribution in [2.24, 2.45) is 0 Å². The Morgan fingerprint density at radius 2 is 1.62 bits per heavy atom. The third-order valence-electron chi connectivity index (χ3n) is 2.91. The predicted octanol–water partition coefficient (Wildman–Crippen LogP) is 2.31. The molecule has 0 aromatic heterocycles. The lowest BCUT2D eigenvalue weighted by atomic mass is 10.2. The summed E-state index contributed by atoms with van der Waals surface area (Å²) >= 11 is 3.27. The number of carbonyl (C=O) groups is 2. The van der Waals surface area contributed by atoms with Gasteiger partial charge < -0.3 is 9.47 Å². The van der Waals surface area contributed by atoms with E-state index < -0.39 is 11.8 Å². The maximum atomic E-state index is 11.9. The summed E-state index contributed by atoms with van der Waals surface area (Å²) in [4.78, 5) is 23.5. The lowest BCUT2D eigenvalue weighted by Crippen LogP contribution is -2.43. The van der Waals surface area contributed by atoms with E-state index in [0.29, 0.717) is 16.6 Å². The quantitative estimate of drug-likeness (QED) is 0.559. The van der Waals surface area contributed by atoms with Crippen LogP contribution in [-0.2, 0) is 9.53 Å². The van der Waals surface area contributed by atoms with Crippen molar-refractivity contribution in [2.45, 2.75) is 0 Å². The number of ether oxygens (including phenoxy) is 2. The van der Waals surface area contributed by atoms with Gasteiger partial charge in [-0.1, -0.05) is 30.3 Å². The first-order valence-electron chi connectivity index (χ1n) is 7.26. The van der Waals surface area contributed by atoms with Crippen LogP contribution < -0.4 is 15.6 Å². The van der Waals surface area contributed by atoms with Crippen LogP contribution in [0.2, 0.25) is 0 Å². The van der Waals surface area contributed by atoms with E-state index in [9.17, 15) is 9.59 Å². The molecule has 0 aliphatic heterocycles. The lowest BCUT2D eigenvalue weighted by Gasteiger charge is -2.09. The van der Waals surface area contributed by atoms with Gasteiger partial charge in [0.2, 0.25) is 0 Å². The topological polar surface area (TPSA) is 76.7 Å². The van der Waals surface area contributed by atoms with Gasteiger partial charge in [-0.25, -0.2) is 0 Å². The summed E-state index contributed by atoms with van der Waals surface area (Å²) < 4.78 is 11.3. The Balaban J connectivity index is 1.60. The van der Waals surface area contributed by atoms with E-state index in [4.69, 9.17) is 9.47 Å². The highest BCUT2D eigenvalue weighted by atomic mass is 79.9. The number of benzene rings is 2. The summed E-state index contributed by atoms with van der Waals surface area (Å²) in [6, 6.07) is 16.2. The summed E-state index contributed by atoms with van der Waals surface area (Å²) in [7, 11) is 0. The zero-order valence-corrected chi connectivity index (χ0v) is 14.4. The molecule has 2 rings (SSSR count). The van der Waals surface area contributed by atoms with Crippen molar-refractivity contribution in [3.8, 4) is 5.75 Å². The van der Waals surface area contributed by atoms with Gasteiger partial charge in [0.05, 0.1) is 12.2 Å². The molecule has 0 fully saturated rings. The highest BCUT2D eigenvalue weighted by Crippen LogP contribution is 2.15. The molecule has 0 spiro atoms.